The summed E-state index contributed by atoms with van der Waals surface area (Å²) in [6.45, 7) is 4.24. The quantitative estimate of drug-likeness (QED) is 0.723. The second-order valence-corrected chi connectivity index (χ2v) is 5.46. The normalized spacial score (nSPS) is 10.3. The Kier molecular flexibility index (Phi) is 5.65. The molecule has 7 heteroatoms. The third kappa shape index (κ3) is 5.03. The van der Waals surface area contributed by atoms with Crippen molar-refractivity contribution in [2.75, 3.05) is 5.73 Å². The molecule has 0 unspecified atom stereocenters. The smallest absolute Gasteiger partial charge is 0.131 e. The van der Waals surface area contributed by atoms with E-state index < -0.39 is 0 Å². The molecule has 0 spiro atoms. The van der Waals surface area contributed by atoms with E-state index in [2.05, 4.69) is 28.9 Å². The van der Waals surface area contributed by atoms with Gasteiger partial charge in [0.05, 0.1) is 11.4 Å². The molecule has 120 valence electrons. The molecule has 0 atom stereocenters. The Morgan fingerprint density at radius 2 is 1.87 bits per heavy atom. The summed E-state index contributed by atoms with van der Waals surface area (Å²) in [5.41, 5.74) is 7.62. The molecule has 0 fully saturated rings. The first-order chi connectivity index (χ1) is 11.0. The summed E-state index contributed by atoms with van der Waals surface area (Å²) in [4.78, 5) is 7.51. The van der Waals surface area contributed by atoms with Gasteiger partial charge in [-0.05, 0) is 24.1 Å². The molecule has 0 saturated heterocycles. The van der Waals surface area contributed by atoms with Crippen molar-refractivity contribution >= 4 is 17.4 Å². The van der Waals surface area contributed by atoms with Gasteiger partial charge >= 0.3 is 0 Å². The number of rotatable bonds is 2. The lowest BCUT2D eigenvalue weighted by atomic mass is 10.1. The summed E-state index contributed by atoms with van der Waals surface area (Å²) < 4.78 is 13.9. The Morgan fingerprint density at radius 3 is 2.39 bits per heavy atom. The topological polar surface area (TPSA) is 69.6 Å². The van der Waals surface area contributed by atoms with Crippen molar-refractivity contribution in [2.45, 2.75) is 19.8 Å². The molecular formula is C16H17ClFN5. The molecule has 3 aromatic heterocycles. The van der Waals surface area contributed by atoms with Crippen molar-refractivity contribution in [3.8, 4) is 5.69 Å². The number of nitrogen functional groups attached to an aromatic ring is 1. The first-order valence-electron chi connectivity index (χ1n) is 7.00. The highest BCUT2D eigenvalue weighted by molar-refractivity contribution is 6.29. The van der Waals surface area contributed by atoms with Gasteiger partial charge in [0.15, 0.2) is 0 Å². The van der Waals surface area contributed by atoms with Gasteiger partial charge in [-0.1, -0.05) is 25.4 Å². The molecule has 0 radical (unpaired) electrons. The van der Waals surface area contributed by atoms with Crippen LogP contribution in [0.2, 0.25) is 5.15 Å². The summed E-state index contributed by atoms with van der Waals surface area (Å²) in [5, 5.41) is 4.64. The highest BCUT2D eigenvalue weighted by Gasteiger charge is 2.04. The van der Waals surface area contributed by atoms with Crippen LogP contribution in [0.1, 0.15) is 25.5 Å². The number of nitrogens with two attached hydrogens (primary N) is 1. The van der Waals surface area contributed by atoms with Gasteiger partial charge in [0, 0.05) is 30.7 Å². The SMILES string of the molecule is CC(C)c1ccn(-c2ccnc(N)c2)n1.Fc1ccnc(Cl)c1. The monoisotopic (exact) mass is 333 g/mol. The van der Waals surface area contributed by atoms with Crippen LogP contribution in [0.25, 0.3) is 5.69 Å². The average Bonchev–Trinajstić information content (AvgIpc) is 2.98. The van der Waals surface area contributed by atoms with Gasteiger partial charge < -0.3 is 5.73 Å². The molecule has 0 aliphatic carbocycles. The third-order valence-corrected chi connectivity index (χ3v) is 3.13. The number of hydrogen-bond acceptors (Lipinski definition) is 4. The van der Waals surface area contributed by atoms with Crippen molar-refractivity contribution in [1.82, 2.24) is 19.7 Å². The molecule has 0 bridgehead atoms. The zero-order valence-corrected chi connectivity index (χ0v) is 13.6. The van der Waals surface area contributed by atoms with E-state index in [1.54, 1.807) is 12.3 Å². The van der Waals surface area contributed by atoms with Crippen LogP contribution in [-0.2, 0) is 0 Å². The Balaban J connectivity index is 0.000000203. The minimum Gasteiger partial charge on any atom is -0.384 e. The Bertz CT molecular complexity index is 755. The molecule has 3 rings (SSSR count). The summed E-state index contributed by atoms with van der Waals surface area (Å²) in [7, 11) is 0. The van der Waals surface area contributed by atoms with Crippen LogP contribution in [0.3, 0.4) is 0 Å². The van der Waals surface area contributed by atoms with E-state index in [1.807, 2.05) is 23.0 Å². The number of anilines is 1. The van der Waals surface area contributed by atoms with Crippen molar-refractivity contribution < 1.29 is 4.39 Å². The summed E-state index contributed by atoms with van der Waals surface area (Å²) in [6, 6.07) is 8.10. The van der Waals surface area contributed by atoms with E-state index in [-0.39, 0.29) is 11.0 Å². The Morgan fingerprint density at radius 1 is 1.13 bits per heavy atom. The van der Waals surface area contributed by atoms with Crippen molar-refractivity contribution in [3.63, 3.8) is 0 Å². The molecule has 23 heavy (non-hydrogen) atoms. The van der Waals surface area contributed by atoms with Crippen LogP contribution in [0.5, 0.6) is 0 Å². The minimum atomic E-state index is -0.356. The average molecular weight is 334 g/mol. The van der Waals surface area contributed by atoms with Gasteiger partial charge in [-0.2, -0.15) is 5.10 Å². The molecule has 0 aliphatic heterocycles. The summed E-state index contributed by atoms with van der Waals surface area (Å²) >= 11 is 5.29. The lowest BCUT2D eigenvalue weighted by molar-refractivity contribution is 0.625. The predicted molar refractivity (Wildman–Crippen MR) is 89.1 cm³/mol. The molecule has 3 heterocycles. The van der Waals surface area contributed by atoms with Gasteiger partial charge in [-0.3, -0.25) is 0 Å². The summed E-state index contributed by atoms with van der Waals surface area (Å²) in [6.07, 6.45) is 4.93. The molecule has 0 aliphatic rings. The van der Waals surface area contributed by atoms with Crippen LogP contribution in [0.4, 0.5) is 10.2 Å². The number of nitrogens with zero attached hydrogens (tertiary/aromatic N) is 4. The van der Waals surface area contributed by atoms with Crippen LogP contribution in [0.15, 0.2) is 48.9 Å². The Hall–Kier alpha value is -2.47. The molecule has 5 nitrogen and oxygen atoms in total. The zero-order valence-electron chi connectivity index (χ0n) is 12.8. The molecule has 0 aromatic carbocycles. The first kappa shape index (κ1) is 16.9. The van der Waals surface area contributed by atoms with E-state index in [1.165, 1.54) is 12.3 Å². The highest BCUT2D eigenvalue weighted by atomic mass is 35.5. The lowest BCUT2D eigenvalue weighted by Gasteiger charge is -2.02. The third-order valence-electron chi connectivity index (χ3n) is 2.92. The standard InChI is InChI=1S/C11H14N4.C5H3ClFN/c1-8(2)10-4-6-15(14-10)9-3-5-13-11(12)7-9;6-5-3-4(7)1-2-8-5/h3-8H,1-2H3,(H2,12,13);1-3H. The van der Waals surface area contributed by atoms with Gasteiger partial charge in [-0.25, -0.2) is 19.0 Å². The maximum absolute atomic E-state index is 12.0. The molecule has 0 amide bonds. The molecule has 0 saturated carbocycles. The van der Waals surface area contributed by atoms with Crippen LogP contribution >= 0.6 is 11.6 Å². The van der Waals surface area contributed by atoms with E-state index in [9.17, 15) is 4.39 Å². The zero-order chi connectivity index (χ0) is 16.8. The van der Waals surface area contributed by atoms with Gasteiger partial charge in [0.2, 0.25) is 0 Å². The fourth-order valence-corrected chi connectivity index (χ4v) is 1.91. The largest absolute Gasteiger partial charge is 0.384 e. The van der Waals surface area contributed by atoms with Crippen LogP contribution < -0.4 is 5.73 Å². The number of pyridine rings is 2. The van der Waals surface area contributed by atoms with Gasteiger partial charge in [-0.15, -0.1) is 0 Å². The number of hydrogen-bond donors (Lipinski definition) is 1. The molecule has 3 aromatic rings. The van der Waals surface area contributed by atoms with E-state index >= 15 is 0 Å². The number of halogens is 2. The van der Waals surface area contributed by atoms with E-state index in [0.29, 0.717) is 11.7 Å². The minimum absolute atomic E-state index is 0.185. The molecular weight excluding hydrogens is 317 g/mol. The van der Waals surface area contributed by atoms with Crippen molar-refractivity contribution in [2.24, 2.45) is 0 Å². The second kappa shape index (κ2) is 7.69. The predicted octanol–water partition coefficient (Wildman–Crippen LogP) is 3.85. The van der Waals surface area contributed by atoms with Crippen LogP contribution in [-0.4, -0.2) is 19.7 Å². The van der Waals surface area contributed by atoms with E-state index in [4.69, 9.17) is 17.3 Å². The fourth-order valence-electron chi connectivity index (χ4n) is 1.75. The van der Waals surface area contributed by atoms with Crippen LogP contribution in [0, 0.1) is 5.82 Å². The fraction of sp³-hybridized carbons (Fsp3) is 0.188. The van der Waals surface area contributed by atoms with E-state index in [0.717, 1.165) is 17.4 Å². The van der Waals surface area contributed by atoms with Gasteiger partial charge in [0.25, 0.3) is 0 Å². The summed E-state index contributed by atoms with van der Waals surface area (Å²) in [5.74, 6) is 0.588. The Labute approximate surface area is 139 Å². The van der Waals surface area contributed by atoms with Gasteiger partial charge in [0.1, 0.15) is 16.8 Å². The highest BCUT2D eigenvalue weighted by Crippen LogP contribution is 2.14. The first-order valence-corrected chi connectivity index (χ1v) is 7.38. The maximum atomic E-state index is 12.0. The van der Waals surface area contributed by atoms with Crippen molar-refractivity contribution in [1.29, 1.82) is 0 Å². The maximum Gasteiger partial charge on any atom is 0.131 e. The second-order valence-electron chi connectivity index (χ2n) is 5.08. The van der Waals surface area contributed by atoms with Crippen molar-refractivity contribution in [3.05, 3.63) is 65.6 Å². The lowest BCUT2D eigenvalue weighted by Crippen LogP contribution is -1.99. The molecule has 2 N–H and O–H groups in total. The number of aromatic nitrogens is 4.